The van der Waals surface area contributed by atoms with Crippen LogP contribution in [0.15, 0.2) is 48.5 Å². The van der Waals surface area contributed by atoms with E-state index in [1.165, 1.54) is 6.07 Å². The number of anilines is 1. The summed E-state index contributed by atoms with van der Waals surface area (Å²) < 4.78 is 43.9. The third kappa shape index (κ3) is 4.40. The van der Waals surface area contributed by atoms with E-state index in [4.69, 9.17) is 16.3 Å². The molecule has 1 amide bonds. The normalized spacial score (nSPS) is 11.4. The second-order valence-electron chi connectivity index (χ2n) is 5.58. The van der Waals surface area contributed by atoms with E-state index < -0.39 is 35.9 Å². The van der Waals surface area contributed by atoms with Gasteiger partial charge in [0.1, 0.15) is 5.69 Å². The molecule has 2 aromatic carbocycles. The van der Waals surface area contributed by atoms with Gasteiger partial charge in [0.25, 0.3) is 5.91 Å². The number of fused-ring (bicyclic) bond motifs is 1. The molecule has 3 aromatic rings. The van der Waals surface area contributed by atoms with Crippen LogP contribution in [0.25, 0.3) is 10.9 Å². The Morgan fingerprint density at radius 3 is 2.56 bits per heavy atom. The van der Waals surface area contributed by atoms with Crippen molar-refractivity contribution in [2.45, 2.75) is 6.18 Å². The fourth-order valence-electron chi connectivity index (χ4n) is 2.44. The number of alkyl halides is 3. The van der Waals surface area contributed by atoms with Gasteiger partial charge in [-0.15, -0.1) is 0 Å². The molecule has 0 aliphatic rings. The van der Waals surface area contributed by atoms with E-state index in [0.717, 1.165) is 11.5 Å². The van der Waals surface area contributed by atoms with Gasteiger partial charge in [0, 0.05) is 15.9 Å². The second-order valence-corrected chi connectivity index (χ2v) is 6.02. The van der Waals surface area contributed by atoms with Crippen LogP contribution in [0.4, 0.5) is 18.9 Å². The van der Waals surface area contributed by atoms with Gasteiger partial charge in [0.2, 0.25) is 0 Å². The number of esters is 1. The first-order valence-corrected chi connectivity index (χ1v) is 8.03. The predicted octanol–water partition coefficient (Wildman–Crippen LogP) is 4.64. The number of rotatable bonds is 4. The molecule has 0 saturated heterocycles. The zero-order valence-corrected chi connectivity index (χ0v) is 14.3. The monoisotopic (exact) mass is 396 g/mol. The standard InChI is InChI=1S/C18H12ClF3N2O3/c19-11-5-6-14(12(8-11)18(20,21)22)24-16(25)9-27-17(26)15-7-10-3-1-2-4-13(10)23-15/h1-8,23H,9H2,(H,24,25). The van der Waals surface area contributed by atoms with E-state index in [1.807, 2.05) is 0 Å². The molecule has 0 atom stereocenters. The van der Waals surface area contributed by atoms with E-state index in [9.17, 15) is 22.8 Å². The number of carbonyl (C=O) groups is 2. The van der Waals surface area contributed by atoms with E-state index >= 15 is 0 Å². The van der Waals surface area contributed by atoms with Crippen molar-refractivity contribution in [2.24, 2.45) is 0 Å². The third-order valence-corrected chi connectivity index (χ3v) is 3.88. The minimum atomic E-state index is -4.70. The Kier molecular flexibility index (Phi) is 5.09. The van der Waals surface area contributed by atoms with Crippen LogP contribution in [0.5, 0.6) is 0 Å². The van der Waals surface area contributed by atoms with Crippen LogP contribution in [-0.4, -0.2) is 23.5 Å². The Bertz CT molecular complexity index is 981. The Morgan fingerprint density at radius 2 is 1.85 bits per heavy atom. The summed E-state index contributed by atoms with van der Waals surface area (Å²) in [4.78, 5) is 26.7. The summed E-state index contributed by atoms with van der Waals surface area (Å²) in [6, 6.07) is 11.6. The number of halogens is 4. The average molecular weight is 397 g/mol. The quantitative estimate of drug-likeness (QED) is 0.631. The Labute approximate surface area is 156 Å². The molecule has 0 aliphatic heterocycles. The van der Waals surface area contributed by atoms with Crippen molar-refractivity contribution in [3.63, 3.8) is 0 Å². The SMILES string of the molecule is O=C(COC(=O)c1cc2ccccc2[nH]1)Nc1ccc(Cl)cc1C(F)(F)F. The molecule has 0 aliphatic carbocycles. The lowest BCUT2D eigenvalue weighted by Gasteiger charge is -2.14. The first-order chi connectivity index (χ1) is 12.7. The lowest BCUT2D eigenvalue weighted by atomic mass is 10.1. The summed E-state index contributed by atoms with van der Waals surface area (Å²) in [6.07, 6.45) is -4.70. The van der Waals surface area contributed by atoms with Crippen LogP contribution < -0.4 is 5.32 Å². The molecular weight excluding hydrogens is 385 g/mol. The highest BCUT2D eigenvalue weighted by Gasteiger charge is 2.34. The average Bonchev–Trinajstić information content (AvgIpc) is 3.04. The van der Waals surface area contributed by atoms with Gasteiger partial charge in [-0.05, 0) is 30.3 Å². The minimum absolute atomic E-state index is 0.120. The van der Waals surface area contributed by atoms with Gasteiger partial charge in [0.05, 0.1) is 11.3 Å². The molecule has 3 rings (SSSR count). The maximum absolute atomic E-state index is 13.0. The number of benzene rings is 2. The summed E-state index contributed by atoms with van der Waals surface area (Å²) in [5, 5.41) is 2.74. The fourth-order valence-corrected chi connectivity index (χ4v) is 2.61. The number of carbonyl (C=O) groups excluding carboxylic acids is 2. The van der Waals surface area contributed by atoms with Crippen molar-refractivity contribution in [3.05, 3.63) is 64.8 Å². The van der Waals surface area contributed by atoms with Gasteiger partial charge in [0.15, 0.2) is 6.61 Å². The van der Waals surface area contributed by atoms with Gasteiger partial charge in [-0.2, -0.15) is 13.2 Å². The van der Waals surface area contributed by atoms with Crippen molar-refractivity contribution in [1.29, 1.82) is 0 Å². The highest BCUT2D eigenvalue weighted by Crippen LogP contribution is 2.36. The molecule has 0 spiro atoms. The minimum Gasteiger partial charge on any atom is -0.451 e. The topological polar surface area (TPSA) is 71.2 Å². The summed E-state index contributed by atoms with van der Waals surface area (Å²) in [7, 11) is 0. The number of aromatic amines is 1. The molecule has 0 radical (unpaired) electrons. The summed E-state index contributed by atoms with van der Waals surface area (Å²) in [5.74, 6) is -1.71. The maximum Gasteiger partial charge on any atom is 0.418 e. The third-order valence-electron chi connectivity index (χ3n) is 3.65. The Balaban J connectivity index is 1.65. The zero-order chi connectivity index (χ0) is 19.6. The Morgan fingerprint density at radius 1 is 1.11 bits per heavy atom. The molecule has 0 fully saturated rings. The van der Waals surface area contributed by atoms with Crippen LogP contribution in [-0.2, 0) is 15.7 Å². The van der Waals surface area contributed by atoms with Gasteiger partial charge < -0.3 is 15.0 Å². The molecule has 140 valence electrons. The second kappa shape index (κ2) is 7.32. The molecule has 1 heterocycles. The summed E-state index contributed by atoms with van der Waals surface area (Å²) in [6.45, 7) is -0.742. The lowest BCUT2D eigenvalue weighted by Crippen LogP contribution is -2.22. The lowest BCUT2D eigenvalue weighted by molar-refractivity contribution is -0.137. The van der Waals surface area contributed by atoms with E-state index in [1.54, 1.807) is 30.3 Å². The first-order valence-electron chi connectivity index (χ1n) is 7.65. The van der Waals surface area contributed by atoms with Crippen LogP contribution >= 0.6 is 11.6 Å². The van der Waals surface area contributed by atoms with Crippen molar-refractivity contribution in [2.75, 3.05) is 11.9 Å². The van der Waals surface area contributed by atoms with Crippen molar-refractivity contribution in [1.82, 2.24) is 4.98 Å². The molecule has 27 heavy (non-hydrogen) atoms. The fraction of sp³-hybridized carbons (Fsp3) is 0.111. The van der Waals surface area contributed by atoms with Crippen molar-refractivity contribution < 1.29 is 27.5 Å². The molecule has 5 nitrogen and oxygen atoms in total. The molecule has 0 bridgehead atoms. The van der Waals surface area contributed by atoms with E-state index in [-0.39, 0.29) is 10.7 Å². The molecule has 2 N–H and O–H groups in total. The molecule has 0 unspecified atom stereocenters. The number of ether oxygens (including phenoxy) is 1. The van der Waals surface area contributed by atoms with E-state index in [2.05, 4.69) is 10.3 Å². The predicted molar refractivity (Wildman–Crippen MR) is 93.7 cm³/mol. The van der Waals surface area contributed by atoms with Crippen molar-refractivity contribution >= 4 is 40.1 Å². The van der Waals surface area contributed by atoms with Crippen LogP contribution in [0.3, 0.4) is 0 Å². The smallest absolute Gasteiger partial charge is 0.418 e. The van der Waals surface area contributed by atoms with Gasteiger partial charge in [-0.1, -0.05) is 29.8 Å². The molecule has 9 heteroatoms. The molecule has 1 aromatic heterocycles. The summed E-state index contributed by atoms with van der Waals surface area (Å²) in [5.41, 5.74) is -0.722. The number of nitrogens with one attached hydrogen (secondary N) is 2. The van der Waals surface area contributed by atoms with Crippen LogP contribution in [0.2, 0.25) is 5.02 Å². The number of H-pyrrole nitrogens is 1. The Hall–Kier alpha value is -3.00. The number of hydrogen-bond donors (Lipinski definition) is 2. The largest absolute Gasteiger partial charge is 0.451 e. The number of amides is 1. The highest BCUT2D eigenvalue weighted by molar-refractivity contribution is 6.30. The number of aromatic nitrogens is 1. The van der Waals surface area contributed by atoms with Crippen LogP contribution in [0, 0.1) is 0 Å². The highest BCUT2D eigenvalue weighted by atomic mass is 35.5. The number of para-hydroxylation sites is 1. The van der Waals surface area contributed by atoms with Gasteiger partial charge in [-0.3, -0.25) is 4.79 Å². The molecule has 0 saturated carbocycles. The zero-order valence-electron chi connectivity index (χ0n) is 13.6. The first kappa shape index (κ1) is 18.8. The van der Waals surface area contributed by atoms with Crippen LogP contribution in [0.1, 0.15) is 16.1 Å². The number of hydrogen-bond acceptors (Lipinski definition) is 3. The molecular formula is C18H12ClF3N2O3. The van der Waals surface area contributed by atoms with Gasteiger partial charge >= 0.3 is 12.1 Å². The maximum atomic E-state index is 13.0. The van der Waals surface area contributed by atoms with Crippen molar-refractivity contribution in [3.8, 4) is 0 Å². The van der Waals surface area contributed by atoms with Gasteiger partial charge in [-0.25, -0.2) is 4.79 Å². The van der Waals surface area contributed by atoms with E-state index in [0.29, 0.717) is 11.6 Å². The summed E-state index contributed by atoms with van der Waals surface area (Å²) >= 11 is 5.58.